The van der Waals surface area contributed by atoms with Crippen LogP contribution in [0.2, 0.25) is 15.1 Å². The second kappa shape index (κ2) is 7.08. The summed E-state index contributed by atoms with van der Waals surface area (Å²) in [6.07, 6.45) is 3.44. The smallest absolute Gasteiger partial charge is 0.163 e. The Kier molecular flexibility index (Phi) is 4.64. The molecular formula is C19H11Cl3N4. The lowest BCUT2D eigenvalue weighted by Gasteiger charge is -2.12. The van der Waals surface area contributed by atoms with Crippen molar-refractivity contribution in [3.63, 3.8) is 0 Å². The summed E-state index contributed by atoms with van der Waals surface area (Å²) in [4.78, 5) is 13.4. The van der Waals surface area contributed by atoms with Crippen LogP contribution in [0.4, 0.5) is 11.5 Å². The predicted octanol–water partition coefficient (Wildman–Crippen LogP) is 6.40. The Morgan fingerprint density at radius 3 is 2.35 bits per heavy atom. The maximum absolute atomic E-state index is 6.13. The molecule has 0 bridgehead atoms. The zero-order valence-electron chi connectivity index (χ0n) is 13.2. The van der Waals surface area contributed by atoms with Crippen LogP contribution in [-0.4, -0.2) is 15.0 Å². The summed E-state index contributed by atoms with van der Waals surface area (Å²) >= 11 is 18.3. The molecule has 0 spiro atoms. The van der Waals surface area contributed by atoms with Crippen LogP contribution in [0.1, 0.15) is 0 Å². The number of rotatable bonds is 3. The van der Waals surface area contributed by atoms with Gasteiger partial charge in [-0.2, -0.15) is 0 Å². The summed E-state index contributed by atoms with van der Waals surface area (Å²) in [5, 5.41) is 5.20. The van der Waals surface area contributed by atoms with Crippen molar-refractivity contribution in [1.29, 1.82) is 0 Å². The molecule has 0 saturated carbocycles. The highest BCUT2D eigenvalue weighted by Gasteiger charge is 2.12. The number of hydrogen-bond acceptors (Lipinski definition) is 4. The fourth-order valence-electron chi connectivity index (χ4n) is 2.56. The Labute approximate surface area is 164 Å². The van der Waals surface area contributed by atoms with Crippen LogP contribution in [0.3, 0.4) is 0 Å². The SMILES string of the molecule is Clc1cc(Nc2nc(-c3cccnc3)nc3ccccc23)cc(Cl)c1Cl. The zero-order chi connectivity index (χ0) is 18.1. The predicted molar refractivity (Wildman–Crippen MR) is 108 cm³/mol. The molecule has 0 unspecified atom stereocenters. The number of pyridine rings is 1. The molecule has 0 saturated heterocycles. The highest BCUT2D eigenvalue weighted by Crippen LogP contribution is 2.35. The average Bonchev–Trinajstić information content (AvgIpc) is 2.66. The van der Waals surface area contributed by atoms with Crippen LogP contribution in [-0.2, 0) is 0 Å². The van der Waals surface area contributed by atoms with E-state index in [-0.39, 0.29) is 0 Å². The summed E-state index contributed by atoms with van der Waals surface area (Å²) in [5.74, 6) is 1.22. The van der Waals surface area contributed by atoms with Gasteiger partial charge in [0.15, 0.2) is 5.82 Å². The van der Waals surface area contributed by atoms with E-state index in [0.29, 0.717) is 32.4 Å². The van der Waals surface area contributed by atoms with Gasteiger partial charge in [0, 0.05) is 29.0 Å². The number of para-hydroxylation sites is 1. The van der Waals surface area contributed by atoms with E-state index in [4.69, 9.17) is 34.8 Å². The highest BCUT2D eigenvalue weighted by atomic mass is 35.5. The first-order valence-corrected chi connectivity index (χ1v) is 8.84. The number of halogens is 3. The van der Waals surface area contributed by atoms with E-state index in [0.717, 1.165) is 16.5 Å². The van der Waals surface area contributed by atoms with Gasteiger partial charge in [0.1, 0.15) is 5.82 Å². The molecule has 128 valence electrons. The van der Waals surface area contributed by atoms with Crippen molar-refractivity contribution >= 4 is 57.2 Å². The van der Waals surface area contributed by atoms with Gasteiger partial charge in [-0.1, -0.05) is 46.9 Å². The maximum Gasteiger partial charge on any atom is 0.163 e. The second-order valence-corrected chi connectivity index (χ2v) is 6.73. The molecule has 4 rings (SSSR count). The molecule has 1 N–H and O–H groups in total. The number of anilines is 2. The molecule has 26 heavy (non-hydrogen) atoms. The minimum absolute atomic E-state index is 0.322. The van der Waals surface area contributed by atoms with Crippen molar-refractivity contribution < 1.29 is 0 Å². The second-order valence-electron chi connectivity index (χ2n) is 5.53. The van der Waals surface area contributed by atoms with Crippen molar-refractivity contribution in [1.82, 2.24) is 15.0 Å². The van der Waals surface area contributed by atoms with E-state index in [9.17, 15) is 0 Å². The van der Waals surface area contributed by atoms with Gasteiger partial charge in [-0.25, -0.2) is 9.97 Å². The van der Waals surface area contributed by atoms with Crippen molar-refractivity contribution in [3.05, 3.63) is 76.0 Å². The van der Waals surface area contributed by atoms with Gasteiger partial charge < -0.3 is 5.32 Å². The monoisotopic (exact) mass is 400 g/mol. The van der Waals surface area contributed by atoms with Crippen LogP contribution in [0.25, 0.3) is 22.3 Å². The molecule has 0 fully saturated rings. The number of benzene rings is 2. The number of hydrogen-bond donors (Lipinski definition) is 1. The molecule has 0 aliphatic carbocycles. The molecular weight excluding hydrogens is 391 g/mol. The molecule has 7 heteroatoms. The van der Waals surface area contributed by atoms with E-state index < -0.39 is 0 Å². The Morgan fingerprint density at radius 1 is 0.846 bits per heavy atom. The fourth-order valence-corrected chi connectivity index (χ4v) is 3.16. The van der Waals surface area contributed by atoms with Gasteiger partial charge in [-0.05, 0) is 36.4 Å². The minimum Gasteiger partial charge on any atom is -0.340 e. The van der Waals surface area contributed by atoms with E-state index in [1.54, 1.807) is 24.5 Å². The van der Waals surface area contributed by atoms with Crippen molar-refractivity contribution in [2.45, 2.75) is 0 Å². The number of aromatic nitrogens is 3. The van der Waals surface area contributed by atoms with E-state index in [1.807, 2.05) is 36.4 Å². The van der Waals surface area contributed by atoms with Crippen LogP contribution in [0.5, 0.6) is 0 Å². The molecule has 2 heterocycles. The third-order valence-electron chi connectivity index (χ3n) is 3.77. The van der Waals surface area contributed by atoms with Crippen molar-refractivity contribution in [3.8, 4) is 11.4 Å². The van der Waals surface area contributed by atoms with Crippen molar-refractivity contribution in [2.75, 3.05) is 5.32 Å². The van der Waals surface area contributed by atoms with Gasteiger partial charge in [0.25, 0.3) is 0 Å². The van der Waals surface area contributed by atoms with Crippen LogP contribution >= 0.6 is 34.8 Å². The van der Waals surface area contributed by atoms with E-state index in [2.05, 4.69) is 20.3 Å². The first-order chi connectivity index (χ1) is 12.6. The Morgan fingerprint density at radius 2 is 1.62 bits per heavy atom. The summed E-state index contributed by atoms with van der Waals surface area (Å²) in [6, 6.07) is 14.9. The van der Waals surface area contributed by atoms with Gasteiger partial charge in [-0.3, -0.25) is 4.98 Å². The Balaban J connectivity index is 1.86. The first-order valence-electron chi connectivity index (χ1n) is 7.70. The Hall–Kier alpha value is -2.40. The number of nitrogens with zero attached hydrogens (tertiary/aromatic N) is 3. The highest BCUT2D eigenvalue weighted by molar-refractivity contribution is 6.48. The molecule has 2 aromatic carbocycles. The van der Waals surface area contributed by atoms with Gasteiger partial charge in [0.05, 0.1) is 20.6 Å². The number of fused-ring (bicyclic) bond motifs is 1. The van der Waals surface area contributed by atoms with Gasteiger partial charge in [0.2, 0.25) is 0 Å². The third kappa shape index (κ3) is 3.31. The summed E-state index contributed by atoms with van der Waals surface area (Å²) in [6.45, 7) is 0. The summed E-state index contributed by atoms with van der Waals surface area (Å²) < 4.78 is 0. The minimum atomic E-state index is 0.322. The lowest BCUT2D eigenvalue weighted by atomic mass is 10.2. The lowest BCUT2D eigenvalue weighted by molar-refractivity contribution is 1.20. The molecule has 0 atom stereocenters. The molecule has 0 amide bonds. The average molecular weight is 402 g/mol. The third-order valence-corrected chi connectivity index (χ3v) is 4.97. The van der Waals surface area contributed by atoms with Crippen LogP contribution in [0, 0.1) is 0 Å². The fraction of sp³-hybridized carbons (Fsp3) is 0. The lowest BCUT2D eigenvalue weighted by Crippen LogP contribution is -1.99. The molecule has 2 aromatic heterocycles. The molecule has 4 nitrogen and oxygen atoms in total. The molecule has 0 aliphatic rings. The largest absolute Gasteiger partial charge is 0.340 e. The topological polar surface area (TPSA) is 50.7 Å². The van der Waals surface area contributed by atoms with Crippen LogP contribution < -0.4 is 5.32 Å². The summed E-state index contributed by atoms with van der Waals surface area (Å²) in [7, 11) is 0. The van der Waals surface area contributed by atoms with E-state index in [1.165, 1.54) is 0 Å². The summed E-state index contributed by atoms with van der Waals surface area (Å²) in [5.41, 5.74) is 2.33. The molecule has 0 aliphatic heterocycles. The van der Waals surface area contributed by atoms with Gasteiger partial charge in [-0.15, -0.1) is 0 Å². The first kappa shape index (κ1) is 17.0. The maximum atomic E-state index is 6.13. The Bertz CT molecular complexity index is 1080. The quantitative estimate of drug-likeness (QED) is 0.404. The number of nitrogens with one attached hydrogen (secondary N) is 1. The van der Waals surface area contributed by atoms with E-state index >= 15 is 0 Å². The standard InChI is InChI=1S/C19H11Cl3N4/c20-14-8-12(9-15(21)17(14)22)24-19-13-5-1-2-6-16(13)25-18(26-19)11-4-3-7-23-10-11/h1-10H,(H,24,25,26). The molecule has 0 radical (unpaired) electrons. The van der Waals surface area contributed by atoms with Gasteiger partial charge >= 0.3 is 0 Å². The normalized spacial score (nSPS) is 10.9. The van der Waals surface area contributed by atoms with Crippen molar-refractivity contribution in [2.24, 2.45) is 0 Å². The zero-order valence-corrected chi connectivity index (χ0v) is 15.5. The van der Waals surface area contributed by atoms with Crippen LogP contribution in [0.15, 0.2) is 60.9 Å². The molecule has 4 aromatic rings.